The van der Waals surface area contributed by atoms with E-state index >= 15 is 0 Å². The highest BCUT2D eigenvalue weighted by molar-refractivity contribution is 7.49. The third kappa shape index (κ3) is 11.7. The van der Waals surface area contributed by atoms with Crippen LogP contribution in [0.4, 0.5) is 5.82 Å². The Morgan fingerprint density at radius 2 is 1.51 bits per heavy atom. The van der Waals surface area contributed by atoms with Crippen molar-refractivity contribution in [2.75, 3.05) is 40.5 Å². The summed E-state index contributed by atoms with van der Waals surface area (Å²) in [6.45, 7) is 13.5. The number of para-hydroxylation sites is 1. The van der Waals surface area contributed by atoms with Crippen LogP contribution in [0.25, 0.3) is 0 Å². The fourth-order valence-corrected chi connectivity index (χ4v) is 9.86. The van der Waals surface area contributed by atoms with Gasteiger partial charge in [-0.2, -0.15) is 4.98 Å². The molecule has 0 aliphatic carbocycles. The van der Waals surface area contributed by atoms with Gasteiger partial charge in [-0.3, -0.25) is 13.6 Å². The molecule has 14 nitrogen and oxygen atoms in total. The van der Waals surface area contributed by atoms with Crippen molar-refractivity contribution in [2.45, 2.75) is 84.0 Å². The van der Waals surface area contributed by atoms with Crippen molar-refractivity contribution in [3.8, 4) is 29.1 Å². The van der Waals surface area contributed by atoms with Crippen LogP contribution in [0.15, 0.2) is 119 Å². The summed E-state index contributed by atoms with van der Waals surface area (Å²) in [7, 11) is -0.734. The molecule has 7 rings (SSSR count). The third-order valence-corrected chi connectivity index (χ3v) is 13.0. The van der Waals surface area contributed by atoms with Gasteiger partial charge in [0.2, 0.25) is 0 Å². The predicted octanol–water partition coefficient (Wildman–Crippen LogP) is 9.40. The smallest absolute Gasteiger partial charge is 0.497 e. The molecule has 0 radical (unpaired) electrons. The number of hydrogen-bond donors (Lipinski definition) is 1. The van der Waals surface area contributed by atoms with Gasteiger partial charge in [-0.25, -0.2) is 14.4 Å². The van der Waals surface area contributed by atoms with Crippen LogP contribution in [0, 0.1) is 23.7 Å². The fourth-order valence-electron chi connectivity index (χ4n) is 8.34. The Bertz CT molecular complexity index is 2580. The molecule has 67 heavy (non-hydrogen) atoms. The van der Waals surface area contributed by atoms with Gasteiger partial charge in [0.05, 0.1) is 45.4 Å². The first-order chi connectivity index (χ1) is 32.1. The lowest BCUT2D eigenvalue weighted by molar-refractivity contribution is -0.0944. The van der Waals surface area contributed by atoms with Crippen LogP contribution < -0.4 is 19.7 Å². The van der Waals surface area contributed by atoms with Crippen LogP contribution in [0.5, 0.6) is 17.2 Å². The molecule has 4 aromatic carbocycles. The Hall–Kier alpha value is -5.78. The standard InChI is InChI=1S/C52H61N4O10P/c1-36(2)31-55(32-37(3)4)35-53-49-38(16-14-15-29-63-67(59)65-46-20-13-12-19-44(46)51(5,6)66-67)33-56(50(58)54-49)48-30-45(57)47(64-48)34-62-52(39-17-10-9-11-18-39,40-21-25-42(60-7)26-22-40)41-23-27-43(61-8)28-24-41/h9-13,17-28,33,35-37,45,47-48,57H,15,29-32,34H2,1-8H3/b53-35+. The van der Waals surface area contributed by atoms with E-state index in [-0.39, 0.29) is 31.9 Å². The van der Waals surface area contributed by atoms with Crippen molar-refractivity contribution in [3.63, 3.8) is 0 Å². The molecule has 0 amide bonds. The minimum Gasteiger partial charge on any atom is -0.497 e. The van der Waals surface area contributed by atoms with Crippen LogP contribution >= 0.6 is 7.82 Å². The molecule has 354 valence electrons. The van der Waals surface area contributed by atoms with Gasteiger partial charge in [0.15, 0.2) is 5.82 Å². The predicted molar refractivity (Wildman–Crippen MR) is 257 cm³/mol. The fraction of sp³-hybridized carbons (Fsp3) is 0.404. The number of nitrogens with zero attached hydrogens (tertiary/aromatic N) is 4. The summed E-state index contributed by atoms with van der Waals surface area (Å²) < 4.78 is 56.7. The number of ether oxygens (including phenoxy) is 4. The van der Waals surface area contributed by atoms with E-state index in [0.29, 0.717) is 34.6 Å². The van der Waals surface area contributed by atoms with Crippen LogP contribution in [0.3, 0.4) is 0 Å². The Morgan fingerprint density at radius 1 is 0.910 bits per heavy atom. The molecule has 2 aliphatic heterocycles. The molecule has 1 N–H and O–H groups in total. The quantitative estimate of drug-likeness (QED) is 0.0223. The Balaban J connectivity index is 1.16. The molecular formula is C52H61N4O10P. The zero-order valence-corrected chi connectivity index (χ0v) is 40.4. The van der Waals surface area contributed by atoms with E-state index < -0.39 is 43.2 Å². The molecule has 1 fully saturated rings. The van der Waals surface area contributed by atoms with Gasteiger partial charge in [0.1, 0.15) is 40.8 Å². The molecule has 4 unspecified atom stereocenters. The van der Waals surface area contributed by atoms with Crippen LogP contribution in [0.2, 0.25) is 0 Å². The van der Waals surface area contributed by atoms with Crippen LogP contribution in [-0.4, -0.2) is 78.6 Å². The van der Waals surface area contributed by atoms with Crippen molar-refractivity contribution >= 4 is 20.0 Å². The van der Waals surface area contributed by atoms with Gasteiger partial charge in [-0.15, -0.1) is 0 Å². The largest absolute Gasteiger partial charge is 0.530 e. The van der Waals surface area contributed by atoms with Crippen molar-refractivity contribution in [3.05, 3.63) is 148 Å². The van der Waals surface area contributed by atoms with Gasteiger partial charge in [-0.1, -0.05) is 112 Å². The summed E-state index contributed by atoms with van der Waals surface area (Å²) >= 11 is 0. The second-order valence-corrected chi connectivity index (χ2v) is 19.4. The van der Waals surface area contributed by atoms with Gasteiger partial charge in [0, 0.05) is 37.7 Å². The highest BCUT2D eigenvalue weighted by Crippen LogP contribution is 2.60. The maximum absolute atomic E-state index is 13.9. The third-order valence-electron chi connectivity index (χ3n) is 11.4. The number of aliphatic hydroxyl groups excluding tert-OH is 1. The number of methoxy groups -OCH3 is 2. The van der Waals surface area contributed by atoms with E-state index in [9.17, 15) is 14.5 Å². The van der Waals surface area contributed by atoms with Gasteiger partial charge >= 0.3 is 13.5 Å². The molecule has 0 bridgehead atoms. The maximum atomic E-state index is 13.9. The van der Waals surface area contributed by atoms with E-state index in [1.807, 2.05) is 105 Å². The first-order valence-electron chi connectivity index (χ1n) is 22.6. The second-order valence-electron chi connectivity index (χ2n) is 17.9. The number of aliphatic hydroxyl groups is 1. The summed E-state index contributed by atoms with van der Waals surface area (Å²) in [5, 5.41) is 11.6. The Morgan fingerprint density at radius 3 is 2.12 bits per heavy atom. The average molecular weight is 933 g/mol. The van der Waals surface area contributed by atoms with E-state index in [0.717, 1.165) is 35.3 Å². The number of hydrogen-bond acceptors (Lipinski definition) is 12. The van der Waals surface area contributed by atoms with E-state index in [1.165, 1.54) is 4.57 Å². The summed E-state index contributed by atoms with van der Waals surface area (Å²) in [5.41, 5.74) is 0.910. The molecule has 2 aliphatic rings. The zero-order valence-electron chi connectivity index (χ0n) is 39.5. The molecule has 5 aromatic rings. The molecule has 4 atom stereocenters. The van der Waals surface area contributed by atoms with Gasteiger partial charge in [-0.05, 0) is 72.7 Å². The number of benzene rings is 4. The van der Waals surface area contributed by atoms with Crippen molar-refractivity contribution in [2.24, 2.45) is 16.8 Å². The molecule has 1 aromatic heterocycles. The number of fused-ring (bicyclic) bond motifs is 1. The minimum absolute atomic E-state index is 0.0522. The van der Waals surface area contributed by atoms with Gasteiger partial charge in [0.25, 0.3) is 0 Å². The lowest BCUT2D eigenvalue weighted by Crippen LogP contribution is -2.38. The normalized spacial score (nSPS) is 20.0. The highest BCUT2D eigenvalue weighted by atomic mass is 31.2. The monoisotopic (exact) mass is 932 g/mol. The molecule has 0 saturated carbocycles. The van der Waals surface area contributed by atoms with Crippen molar-refractivity contribution in [1.29, 1.82) is 0 Å². The number of aromatic nitrogens is 2. The van der Waals surface area contributed by atoms with E-state index in [2.05, 4.69) is 54.4 Å². The topological polar surface area (TPSA) is 152 Å². The molecule has 15 heteroatoms. The average Bonchev–Trinajstić information content (AvgIpc) is 3.68. The summed E-state index contributed by atoms with van der Waals surface area (Å²) in [4.78, 5) is 25.1. The number of aliphatic imine (C=N–C) groups is 1. The molecular weight excluding hydrogens is 872 g/mol. The number of phosphoric acid groups is 1. The number of phosphoric ester groups is 1. The summed E-state index contributed by atoms with van der Waals surface area (Å²) in [5.74, 6) is 8.84. The van der Waals surface area contributed by atoms with E-state index in [1.54, 1.807) is 38.9 Å². The number of rotatable bonds is 18. The lowest BCUT2D eigenvalue weighted by Gasteiger charge is -2.37. The van der Waals surface area contributed by atoms with Crippen LogP contribution in [0.1, 0.15) is 88.4 Å². The SMILES string of the molecule is COc1ccc(C(OCC2OC(n3cc(C#CCCOP4(=O)Oc5ccccc5C(C)(C)O4)c(/N=C/N(CC(C)C)CC(C)C)nc3=O)CC2O)(c2ccccc2)c2ccc(OC)cc2)cc1. The van der Waals surface area contributed by atoms with E-state index in [4.69, 9.17) is 32.5 Å². The minimum atomic E-state index is -3.97. The van der Waals surface area contributed by atoms with Gasteiger partial charge < -0.3 is 33.5 Å². The lowest BCUT2D eigenvalue weighted by atomic mass is 9.80. The summed E-state index contributed by atoms with van der Waals surface area (Å²) in [6, 6.07) is 32.4. The first kappa shape index (κ1) is 49.1. The highest BCUT2D eigenvalue weighted by Gasteiger charge is 2.45. The van der Waals surface area contributed by atoms with Crippen molar-refractivity contribution < 1.29 is 42.2 Å². The first-order valence-corrected chi connectivity index (χ1v) is 24.1. The molecule has 1 saturated heterocycles. The molecule has 0 spiro atoms. The summed E-state index contributed by atoms with van der Waals surface area (Å²) in [6.07, 6.45) is 0.719. The zero-order chi connectivity index (χ0) is 47.8. The van der Waals surface area contributed by atoms with Crippen LogP contribution in [-0.2, 0) is 34.3 Å². The Labute approximate surface area is 393 Å². The second kappa shape index (κ2) is 21.5. The molecule has 3 heterocycles. The van der Waals surface area contributed by atoms with Crippen molar-refractivity contribution in [1.82, 2.24) is 14.5 Å². The Kier molecular flexibility index (Phi) is 15.7. The maximum Gasteiger partial charge on any atom is 0.530 e.